The van der Waals surface area contributed by atoms with Gasteiger partial charge in [-0.15, -0.1) is 0 Å². The van der Waals surface area contributed by atoms with Crippen molar-refractivity contribution in [1.82, 2.24) is 19.7 Å². The fraction of sp³-hybridized carbons (Fsp3) is 0.500. The molecular weight excluding hydrogens is 262 g/mol. The summed E-state index contributed by atoms with van der Waals surface area (Å²) in [5.41, 5.74) is 4.77. The van der Waals surface area contributed by atoms with Crippen LogP contribution in [0.5, 0.6) is 0 Å². The zero-order valence-corrected chi connectivity index (χ0v) is 11.6. The number of nitrogens with zero attached hydrogens (tertiary/aromatic N) is 3. The fourth-order valence-electron chi connectivity index (χ4n) is 1.65. The van der Waals surface area contributed by atoms with Crippen molar-refractivity contribution in [3.05, 3.63) is 44.3 Å². The van der Waals surface area contributed by atoms with Crippen molar-refractivity contribution in [1.29, 1.82) is 0 Å². The fourth-order valence-corrected chi connectivity index (χ4v) is 1.65. The Balaban J connectivity index is 2.33. The summed E-state index contributed by atoms with van der Waals surface area (Å²) < 4.78 is 6.38. The standard InChI is InChI=1S/C12H17N5O3/c1-4-7-5-17(11(19)15-9(7)18)6-8-14-10(16-20-8)12(2,3)13/h5H,4,6,13H2,1-3H3,(H,15,18,19). The molecule has 0 spiro atoms. The monoisotopic (exact) mass is 279 g/mol. The summed E-state index contributed by atoms with van der Waals surface area (Å²) in [4.78, 5) is 29.6. The molecule has 0 aromatic carbocycles. The third-order valence-corrected chi connectivity index (χ3v) is 2.82. The van der Waals surface area contributed by atoms with Crippen LogP contribution in [0.15, 0.2) is 20.3 Å². The van der Waals surface area contributed by atoms with Crippen LogP contribution >= 0.6 is 0 Å². The average molecular weight is 279 g/mol. The second-order valence-electron chi connectivity index (χ2n) is 5.13. The van der Waals surface area contributed by atoms with Gasteiger partial charge in [0.05, 0.1) is 5.54 Å². The van der Waals surface area contributed by atoms with E-state index in [-0.39, 0.29) is 18.0 Å². The van der Waals surface area contributed by atoms with Crippen molar-refractivity contribution < 1.29 is 4.52 Å². The summed E-state index contributed by atoms with van der Waals surface area (Å²) in [7, 11) is 0. The molecule has 0 atom stereocenters. The van der Waals surface area contributed by atoms with E-state index < -0.39 is 11.2 Å². The predicted octanol–water partition coefficient (Wildman–Crippen LogP) is -0.276. The molecule has 20 heavy (non-hydrogen) atoms. The Hall–Kier alpha value is -2.22. The number of aromatic nitrogens is 4. The van der Waals surface area contributed by atoms with E-state index in [0.29, 0.717) is 17.8 Å². The summed E-state index contributed by atoms with van der Waals surface area (Å²) in [6.45, 7) is 5.43. The second-order valence-corrected chi connectivity index (χ2v) is 5.13. The molecule has 0 bridgehead atoms. The number of nitrogens with two attached hydrogens (primary N) is 1. The molecule has 0 aliphatic rings. The molecule has 2 heterocycles. The highest BCUT2D eigenvalue weighted by atomic mass is 16.5. The van der Waals surface area contributed by atoms with Gasteiger partial charge < -0.3 is 10.3 Å². The molecule has 0 aliphatic carbocycles. The van der Waals surface area contributed by atoms with Gasteiger partial charge in [-0.25, -0.2) is 4.79 Å². The molecule has 0 aliphatic heterocycles. The van der Waals surface area contributed by atoms with E-state index in [0.717, 1.165) is 0 Å². The highest BCUT2D eigenvalue weighted by Gasteiger charge is 2.21. The minimum absolute atomic E-state index is 0.0890. The third kappa shape index (κ3) is 2.85. The quantitative estimate of drug-likeness (QED) is 0.794. The largest absolute Gasteiger partial charge is 0.337 e. The Morgan fingerprint density at radius 3 is 2.70 bits per heavy atom. The van der Waals surface area contributed by atoms with Gasteiger partial charge in [-0.3, -0.25) is 14.3 Å². The Kier molecular flexibility index (Phi) is 3.58. The van der Waals surface area contributed by atoms with E-state index in [1.54, 1.807) is 13.8 Å². The van der Waals surface area contributed by atoms with Crippen LogP contribution in [-0.2, 0) is 18.5 Å². The van der Waals surface area contributed by atoms with Gasteiger partial charge in [0, 0.05) is 11.8 Å². The molecule has 108 valence electrons. The van der Waals surface area contributed by atoms with Crippen molar-refractivity contribution in [3.63, 3.8) is 0 Å². The maximum atomic E-state index is 11.7. The van der Waals surface area contributed by atoms with Gasteiger partial charge in [-0.1, -0.05) is 12.1 Å². The molecule has 0 fully saturated rings. The van der Waals surface area contributed by atoms with Crippen molar-refractivity contribution in [2.75, 3.05) is 0 Å². The van der Waals surface area contributed by atoms with Gasteiger partial charge in [0.1, 0.15) is 6.54 Å². The predicted molar refractivity (Wildman–Crippen MR) is 71.3 cm³/mol. The van der Waals surface area contributed by atoms with Gasteiger partial charge in [-0.2, -0.15) is 4.98 Å². The van der Waals surface area contributed by atoms with E-state index in [1.165, 1.54) is 10.8 Å². The van der Waals surface area contributed by atoms with Crippen LogP contribution in [0.3, 0.4) is 0 Å². The van der Waals surface area contributed by atoms with E-state index >= 15 is 0 Å². The first-order valence-electron chi connectivity index (χ1n) is 6.26. The summed E-state index contributed by atoms with van der Waals surface area (Å²) in [5.74, 6) is 0.621. The Morgan fingerprint density at radius 1 is 1.45 bits per heavy atom. The lowest BCUT2D eigenvalue weighted by Crippen LogP contribution is -2.32. The van der Waals surface area contributed by atoms with Gasteiger partial charge in [0.15, 0.2) is 5.82 Å². The number of rotatable bonds is 4. The molecule has 0 amide bonds. The number of H-pyrrole nitrogens is 1. The summed E-state index contributed by atoms with van der Waals surface area (Å²) >= 11 is 0. The van der Waals surface area contributed by atoms with Crippen molar-refractivity contribution in [3.8, 4) is 0 Å². The van der Waals surface area contributed by atoms with Crippen LogP contribution in [0.25, 0.3) is 0 Å². The van der Waals surface area contributed by atoms with Crippen molar-refractivity contribution >= 4 is 0 Å². The van der Waals surface area contributed by atoms with Gasteiger partial charge in [-0.05, 0) is 20.3 Å². The lowest BCUT2D eigenvalue weighted by atomic mass is 10.1. The number of nitrogens with one attached hydrogen (secondary N) is 1. The van der Waals surface area contributed by atoms with Crippen LogP contribution in [0, 0.1) is 0 Å². The van der Waals surface area contributed by atoms with Gasteiger partial charge in [0.2, 0.25) is 5.89 Å². The highest BCUT2D eigenvalue weighted by molar-refractivity contribution is 5.05. The normalized spacial score (nSPS) is 11.8. The number of hydrogen-bond acceptors (Lipinski definition) is 6. The van der Waals surface area contributed by atoms with E-state index in [2.05, 4.69) is 15.1 Å². The van der Waals surface area contributed by atoms with E-state index in [9.17, 15) is 9.59 Å². The van der Waals surface area contributed by atoms with Gasteiger partial charge >= 0.3 is 5.69 Å². The Labute approximate surface area is 114 Å². The topological polar surface area (TPSA) is 120 Å². The van der Waals surface area contributed by atoms with Crippen molar-refractivity contribution in [2.45, 2.75) is 39.3 Å². The maximum absolute atomic E-state index is 11.7. The first kappa shape index (κ1) is 14.2. The lowest BCUT2D eigenvalue weighted by molar-refractivity contribution is 0.353. The maximum Gasteiger partial charge on any atom is 0.328 e. The smallest absolute Gasteiger partial charge is 0.328 e. The molecule has 0 saturated heterocycles. The summed E-state index contributed by atoms with van der Waals surface area (Å²) in [6.07, 6.45) is 2.03. The molecule has 2 aromatic heterocycles. The molecule has 8 heteroatoms. The SMILES string of the molecule is CCc1cn(Cc2nc(C(C)(C)N)no2)c(=O)[nH]c1=O. The minimum Gasteiger partial charge on any atom is -0.337 e. The molecule has 8 nitrogen and oxygen atoms in total. The summed E-state index contributed by atoms with van der Waals surface area (Å²) in [6, 6.07) is 0. The molecule has 0 unspecified atom stereocenters. The molecule has 2 aromatic rings. The van der Waals surface area contributed by atoms with E-state index in [1.807, 2.05) is 6.92 Å². The van der Waals surface area contributed by atoms with Crippen LogP contribution in [0.4, 0.5) is 0 Å². The third-order valence-electron chi connectivity index (χ3n) is 2.82. The summed E-state index contributed by atoms with van der Waals surface area (Å²) in [5, 5.41) is 3.78. The minimum atomic E-state index is -0.716. The first-order chi connectivity index (χ1) is 9.31. The van der Waals surface area contributed by atoms with Crippen LogP contribution < -0.4 is 17.0 Å². The van der Waals surface area contributed by atoms with Gasteiger partial charge in [0.25, 0.3) is 5.56 Å². The number of aryl methyl sites for hydroxylation is 1. The molecule has 2 rings (SSSR count). The second kappa shape index (κ2) is 5.04. The van der Waals surface area contributed by atoms with Crippen LogP contribution in [0.2, 0.25) is 0 Å². The zero-order chi connectivity index (χ0) is 14.9. The Bertz CT molecular complexity index is 720. The molecular formula is C12H17N5O3. The Morgan fingerprint density at radius 2 is 2.15 bits per heavy atom. The van der Waals surface area contributed by atoms with E-state index in [4.69, 9.17) is 10.3 Å². The highest BCUT2D eigenvalue weighted by Crippen LogP contribution is 2.12. The number of aromatic amines is 1. The lowest BCUT2D eigenvalue weighted by Gasteiger charge is -2.11. The van der Waals surface area contributed by atoms with Crippen molar-refractivity contribution in [2.24, 2.45) is 5.73 Å². The molecule has 3 N–H and O–H groups in total. The zero-order valence-electron chi connectivity index (χ0n) is 11.6. The first-order valence-corrected chi connectivity index (χ1v) is 6.26. The van der Waals surface area contributed by atoms with Crippen LogP contribution in [-0.4, -0.2) is 19.7 Å². The average Bonchev–Trinajstić information content (AvgIpc) is 2.81. The van der Waals surface area contributed by atoms with Crippen LogP contribution in [0.1, 0.15) is 38.0 Å². The number of hydrogen-bond donors (Lipinski definition) is 2. The molecule has 0 radical (unpaired) electrons. The molecule has 0 saturated carbocycles.